The van der Waals surface area contributed by atoms with Crippen molar-refractivity contribution in [3.63, 3.8) is 0 Å². The van der Waals surface area contributed by atoms with Crippen molar-refractivity contribution >= 4 is 0 Å². The van der Waals surface area contributed by atoms with E-state index >= 15 is 0 Å². The van der Waals surface area contributed by atoms with Crippen molar-refractivity contribution in [2.24, 2.45) is 0 Å². The molecule has 1 aromatic rings. The summed E-state index contributed by atoms with van der Waals surface area (Å²) in [5, 5.41) is 0. The number of likely N-dealkylation sites (tertiary alicyclic amines) is 1. The van der Waals surface area contributed by atoms with Gasteiger partial charge in [-0.3, -0.25) is 4.90 Å². The maximum absolute atomic E-state index is 6.09. The van der Waals surface area contributed by atoms with Crippen molar-refractivity contribution in [2.45, 2.75) is 45.3 Å². The molecule has 1 aliphatic heterocycles. The SMILES string of the molecule is CCCCCN1CCCC1Oc1ccc(OC)cc1. The fraction of sp³-hybridized carbons (Fsp3) is 0.625. The van der Waals surface area contributed by atoms with E-state index in [0.29, 0.717) is 0 Å². The molecule has 0 aliphatic carbocycles. The Morgan fingerprint density at radius 2 is 1.89 bits per heavy atom. The maximum Gasteiger partial charge on any atom is 0.152 e. The Hall–Kier alpha value is -1.22. The maximum atomic E-state index is 6.09. The van der Waals surface area contributed by atoms with Crippen LogP contribution in [0, 0.1) is 0 Å². The first-order chi connectivity index (χ1) is 9.33. The molecule has 2 rings (SSSR count). The van der Waals surface area contributed by atoms with Gasteiger partial charge in [0, 0.05) is 13.1 Å². The number of unbranched alkanes of at least 4 members (excludes halogenated alkanes) is 2. The molecule has 1 aromatic carbocycles. The first kappa shape index (κ1) is 14.2. The number of hydrogen-bond donors (Lipinski definition) is 0. The summed E-state index contributed by atoms with van der Waals surface area (Å²) in [4.78, 5) is 2.47. The van der Waals surface area contributed by atoms with E-state index in [-0.39, 0.29) is 6.23 Å². The van der Waals surface area contributed by atoms with Crippen LogP contribution in [0.2, 0.25) is 0 Å². The van der Waals surface area contributed by atoms with Gasteiger partial charge in [0.15, 0.2) is 6.23 Å². The topological polar surface area (TPSA) is 21.7 Å². The van der Waals surface area contributed by atoms with Crippen molar-refractivity contribution in [3.05, 3.63) is 24.3 Å². The minimum Gasteiger partial charge on any atom is -0.497 e. The van der Waals surface area contributed by atoms with Gasteiger partial charge in [-0.2, -0.15) is 0 Å². The minimum atomic E-state index is 0.255. The molecule has 1 aliphatic rings. The number of ether oxygens (including phenoxy) is 2. The lowest BCUT2D eigenvalue weighted by Crippen LogP contribution is -2.34. The van der Waals surface area contributed by atoms with Gasteiger partial charge in [-0.05, 0) is 43.5 Å². The molecule has 0 radical (unpaired) electrons. The van der Waals surface area contributed by atoms with E-state index in [1.165, 1.54) is 32.2 Å². The zero-order valence-electron chi connectivity index (χ0n) is 12.1. The molecule has 3 nitrogen and oxygen atoms in total. The van der Waals surface area contributed by atoms with E-state index < -0.39 is 0 Å². The van der Waals surface area contributed by atoms with Gasteiger partial charge >= 0.3 is 0 Å². The summed E-state index contributed by atoms with van der Waals surface area (Å²) in [7, 11) is 1.68. The second-order valence-electron chi connectivity index (χ2n) is 5.13. The van der Waals surface area contributed by atoms with Gasteiger partial charge in [0.1, 0.15) is 11.5 Å². The fourth-order valence-corrected chi connectivity index (χ4v) is 2.56. The molecule has 1 heterocycles. The second-order valence-corrected chi connectivity index (χ2v) is 5.13. The molecule has 1 atom stereocenters. The fourth-order valence-electron chi connectivity index (χ4n) is 2.56. The Morgan fingerprint density at radius 1 is 1.16 bits per heavy atom. The van der Waals surface area contributed by atoms with Crippen LogP contribution in [0.25, 0.3) is 0 Å². The van der Waals surface area contributed by atoms with Crippen molar-refractivity contribution < 1.29 is 9.47 Å². The number of benzene rings is 1. The highest BCUT2D eigenvalue weighted by Gasteiger charge is 2.25. The third-order valence-corrected chi connectivity index (χ3v) is 3.68. The summed E-state index contributed by atoms with van der Waals surface area (Å²) in [5.74, 6) is 1.81. The van der Waals surface area contributed by atoms with Crippen molar-refractivity contribution in [2.75, 3.05) is 20.2 Å². The molecule has 0 amide bonds. The van der Waals surface area contributed by atoms with Crippen molar-refractivity contribution in [1.82, 2.24) is 4.90 Å². The molecular weight excluding hydrogens is 238 g/mol. The number of nitrogens with zero attached hydrogens (tertiary/aromatic N) is 1. The van der Waals surface area contributed by atoms with Gasteiger partial charge in [0.25, 0.3) is 0 Å². The molecular formula is C16H25NO2. The largest absolute Gasteiger partial charge is 0.497 e. The predicted octanol–water partition coefficient (Wildman–Crippen LogP) is 3.69. The van der Waals surface area contributed by atoms with Gasteiger partial charge in [-0.15, -0.1) is 0 Å². The van der Waals surface area contributed by atoms with E-state index in [4.69, 9.17) is 9.47 Å². The third kappa shape index (κ3) is 4.13. The van der Waals surface area contributed by atoms with Crippen LogP contribution in [-0.2, 0) is 0 Å². The number of methoxy groups -OCH3 is 1. The first-order valence-electron chi connectivity index (χ1n) is 7.38. The standard InChI is InChI=1S/C16H25NO2/c1-3-4-5-12-17-13-6-7-16(17)19-15-10-8-14(18-2)9-11-15/h8-11,16H,3-7,12-13H2,1-2H3. The highest BCUT2D eigenvalue weighted by molar-refractivity contribution is 5.31. The minimum absolute atomic E-state index is 0.255. The van der Waals surface area contributed by atoms with Crippen LogP contribution in [0.4, 0.5) is 0 Å². The Bertz CT molecular complexity index is 364. The molecule has 3 heteroatoms. The molecule has 0 bridgehead atoms. The summed E-state index contributed by atoms with van der Waals surface area (Å²) in [6.45, 7) is 4.58. The molecule has 0 N–H and O–H groups in total. The Balaban J connectivity index is 1.85. The average molecular weight is 263 g/mol. The van der Waals surface area contributed by atoms with E-state index in [1.54, 1.807) is 7.11 Å². The molecule has 0 saturated carbocycles. The van der Waals surface area contributed by atoms with Crippen LogP contribution in [0.15, 0.2) is 24.3 Å². The highest BCUT2D eigenvalue weighted by atomic mass is 16.5. The zero-order valence-corrected chi connectivity index (χ0v) is 12.1. The van der Waals surface area contributed by atoms with Crippen molar-refractivity contribution in [1.29, 1.82) is 0 Å². The second kappa shape index (κ2) is 7.39. The highest BCUT2D eigenvalue weighted by Crippen LogP contribution is 2.24. The van der Waals surface area contributed by atoms with Gasteiger partial charge < -0.3 is 9.47 Å². The summed E-state index contributed by atoms with van der Waals surface area (Å²) in [6.07, 6.45) is 6.50. The summed E-state index contributed by atoms with van der Waals surface area (Å²) in [5.41, 5.74) is 0. The van der Waals surface area contributed by atoms with Crippen LogP contribution in [0.1, 0.15) is 39.0 Å². The van der Waals surface area contributed by atoms with Crippen LogP contribution >= 0.6 is 0 Å². The lowest BCUT2D eigenvalue weighted by molar-refractivity contribution is 0.0594. The monoisotopic (exact) mass is 263 g/mol. The Morgan fingerprint density at radius 3 is 2.58 bits per heavy atom. The Labute approximate surface area is 116 Å². The van der Waals surface area contributed by atoms with Crippen molar-refractivity contribution in [3.8, 4) is 11.5 Å². The molecule has 1 unspecified atom stereocenters. The van der Waals surface area contributed by atoms with Crippen LogP contribution in [0.5, 0.6) is 11.5 Å². The lowest BCUT2D eigenvalue weighted by atomic mass is 10.2. The normalized spacial score (nSPS) is 19.6. The zero-order chi connectivity index (χ0) is 13.5. The van der Waals surface area contributed by atoms with E-state index in [9.17, 15) is 0 Å². The van der Waals surface area contributed by atoms with Gasteiger partial charge in [-0.1, -0.05) is 19.8 Å². The van der Waals surface area contributed by atoms with Gasteiger partial charge in [-0.25, -0.2) is 0 Å². The van der Waals surface area contributed by atoms with Crippen LogP contribution in [-0.4, -0.2) is 31.3 Å². The number of rotatable bonds is 7. The quantitative estimate of drug-likeness (QED) is 0.700. The van der Waals surface area contributed by atoms with Gasteiger partial charge in [0.05, 0.1) is 7.11 Å². The van der Waals surface area contributed by atoms with Crippen LogP contribution in [0.3, 0.4) is 0 Å². The lowest BCUT2D eigenvalue weighted by Gasteiger charge is -2.25. The smallest absolute Gasteiger partial charge is 0.152 e. The molecule has 106 valence electrons. The van der Waals surface area contributed by atoms with E-state index in [0.717, 1.165) is 24.5 Å². The summed E-state index contributed by atoms with van der Waals surface area (Å²) >= 11 is 0. The third-order valence-electron chi connectivity index (χ3n) is 3.68. The summed E-state index contributed by atoms with van der Waals surface area (Å²) in [6, 6.07) is 7.88. The van der Waals surface area contributed by atoms with Gasteiger partial charge in [0.2, 0.25) is 0 Å². The first-order valence-corrected chi connectivity index (χ1v) is 7.38. The van der Waals surface area contributed by atoms with E-state index in [2.05, 4.69) is 11.8 Å². The Kier molecular flexibility index (Phi) is 5.52. The predicted molar refractivity (Wildman–Crippen MR) is 77.7 cm³/mol. The number of hydrogen-bond acceptors (Lipinski definition) is 3. The molecule has 19 heavy (non-hydrogen) atoms. The molecule has 0 aromatic heterocycles. The van der Waals surface area contributed by atoms with E-state index in [1.807, 2.05) is 24.3 Å². The van der Waals surface area contributed by atoms with Crippen LogP contribution < -0.4 is 9.47 Å². The molecule has 1 saturated heterocycles. The molecule has 1 fully saturated rings. The average Bonchev–Trinajstić information content (AvgIpc) is 2.87. The molecule has 0 spiro atoms. The summed E-state index contributed by atoms with van der Waals surface area (Å²) < 4.78 is 11.2.